The van der Waals surface area contributed by atoms with E-state index in [1.54, 1.807) is 0 Å². The normalized spacial score (nSPS) is 11.8. The molecule has 0 unspecified atom stereocenters. The lowest BCUT2D eigenvalue weighted by atomic mass is 10.0. The van der Waals surface area contributed by atoms with Crippen LogP contribution >= 0.6 is 12.2 Å². The van der Waals surface area contributed by atoms with Crippen molar-refractivity contribution in [2.75, 3.05) is 5.43 Å². The molecule has 1 heterocycles. The third-order valence-electron chi connectivity index (χ3n) is 3.00. The van der Waals surface area contributed by atoms with Gasteiger partial charge in [0, 0.05) is 0 Å². The Labute approximate surface area is 120 Å². The standard InChI is InChI=1S/C14H13N5S/c1-9(16-17-13-15-14(20)19-18-13)11-7-6-10-4-2-3-5-12(10)8-11/h2-8H,1H3,(H3,15,17,18,19,20)/b16-9+. The molecular weight excluding hydrogens is 270 g/mol. The third kappa shape index (κ3) is 2.60. The first kappa shape index (κ1) is 12.6. The Morgan fingerprint density at radius 1 is 1.15 bits per heavy atom. The summed E-state index contributed by atoms with van der Waals surface area (Å²) in [6, 6.07) is 14.5. The summed E-state index contributed by atoms with van der Waals surface area (Å²) in [5.41, 5.74) is 4.77. The van der Waals surface area contributed by atoms with E-state index in [0.29, 0.717) is 10.7 Å². The van der Waals surface area contributed by atoms with Crippen molar-refractivity contribution in [3.63, 3.8) is 0 Å². The lowest BCUT2D eigenvalue weighted by Crippen LogP contribution is -2.00. The summed E-state index contributed by atoms with van der Waals surface area (Å²) in [6.45, 7) is 1.94. The lowest BCUT2D eigenvalue weighted by Gasteiger charge is -2.03. The fourth-order valence-corrected chi connectivity index (χ4v) is 2.08. The molecule has 0 spiro atoms. The minimum absolute atomic E-state index is 0.394. The van der Waals surface area contributed by atoms with Gasteiger partial charge in [0.15, 0.2) is 0 Å². The number of nitrogens with zero attached hydrogens (tertiary/aromatic N) is 2. The molecule has 0 saturated heterocycles. The minimum atomic E-state index is 0.394. The van der Waals surface area contributed by atoms with E-state index in [0.717, 1.165) is 11.3 Å². The van der Waals surface area contributed by atoms with Gasteiger partial charge in [-0.1, -0.05) is 36.4 Å². The van der Waals surface area contributed by atoms with Crippen LogP contribution in [0.4, 0.5) is 5.95 Å². The van der Waals surface area contributed by atoms with Gasteiger partial charge in [0.2, 0.25) is 10.7 Å². The van der Waals surface area contributed by atoms with Crippen molar-refractivity contribution in [3.8, 4) is 0 Å². The highest BCUT2D eigenvalue weighted by molar-refractivity contribution is 7.71. The number of fused-ring (bicyclic) bond motifs is 1. The summed E-state index contributed by atoms with van der Waals surface area (Å²) in [7, 11) is 0. The van der Waals surface area contributed by atoms with Crippen molar-refractivity contribution < 1.29 is 0 Å². The summed E-state index contributed by atoms with van der Waals surface area (Å²) >= 11 is 4.87. The number of benzene rings is 2. The zero-order valence-corrected chi connectivity index (χ0v) is 11.7. The van der Waals surface area contributed by atoms with E-state index in [1.807, 2.05) is 19.1 Å². The predicted octanol–water partition coefficient (Wildman–Crippen LogP) is 3.46. The van der Waals surface area contributed by atoms with Gasteiger partial charge in [-0.2, -0.15) is 10.1 Å². The zero-order valence-electron chi connectivity index (χ0n) is 10.8. The van der Waals surface area contributed by atoms with Crippen molar-refractivity contribution in [2.24, 2.45) is 5.10 Å². The molecule has 20 heavy (non-hydrogen) atoms. The van der Waals surface area contributed by atoms with Gasteiger partial charge in [0.05, 0.1) is 5.71 Å². The maximum absolute atomic E-state index is 4.87. The number of aromatic amines is 2. The van der Waals surface area contributed by atoms with Crippen LogP contribution < -0.4 is 5.43 Å². The molecule has 6 heteroatoms. The minimum Gasteiger partial charge on any atom is -0.272 e. The van der Waals surface area contributed by atoms with Crippen LogP contribution in [0.15, 0.2) is 47.6 Å². The van der Waals surface area contributed by atoms with E-state index < -0.39 is 0 Å². The molecule has 3 aromatic rings. The summed E-state index contributed by atoms with van der Waals surface area (Å²) in [4.78, 5) is 4.01. The predicted molar refractivity (Wildman–Crippen MR) is 83.6 cm³/mol. The van der Waals surface area contributed by atoms with E-state index in [-0.39, 0.29) is 0 Å². The largest absolute Gasteiger partial charge is 0.272 e. The number of H-pyrrole nitrogens is 2. The fraction of sp³-hybridized carbons (Fsp3) is 0.0714. The van der Waals surface area contributed by atoms with Gasteiger partial charge in [0.1, 0.15) is 0 Å². The van der Waals surface area contributed by atoms with Gasteiger partial charge in [-0.15, -0.1) is 0 Å². The molecule has 0 bridgehead atoms. The molecule has 0 aliphatic heterocycles. The van der Waals surface area contributed by atoms with Crippen LogP contribution in [0.1, 0.15) is 12.5 Å². The molecule has 0 amide bonds. The van der Waals surface area contributed by atoms with Crippen LogP contribution in [0.3, 0.4) is 0 Å². The molecule has 2 aromatic carbocycles. The number of hydrogen-bond acceptors (Lipinski definition) is 4. The second kappa shape index (κ2) is 5.26. The smallest absolute Gasteiger partial charge is 0.238 e. The Balaban J connectivity index is 1.87. The first-order chi connectivity index (χ1) is 9.72. The SMILES string of the molecule is C/C(=N\Nc1nc(=S)[nH][nH]1)c1ccc2ccccc2c1. The number of nitrogens with one attached hydrogen (secondary N) is 3. The van der Waals surface area contributed by atoms with Crippen molar-refractivity contribution >= 4 is 34.7 Å². The van der Waals surface area contributed by atoms with Crippen LogP contribution in [0.25, 0.3) is 10.8 Å². The van der Waals surface area contributed by atoms with Gasteiger partial charge in [-0.3, -0.25) is 10.2 Å². The average Bonchev–Trinajstić information content (AvgIpc) is 2.90. The highest BCUT2D eigenvalue weighted by atomic mass is 32.1. The van der Waals surface area contributed by atoms with E-state index in [9.17, 15) is 0 Å². The Morgan fingerprint density at radius 2 is 1.95 bits per heavy atom. The van der Waals surface area contributed by atoms with Gasteiger partial charge in [-0.25, -0.2) is 5.43 Å². The first-order valence-corrected chi connectivity index (χ1v) is 6.57. The van der Waals surface area contributed by atoms with Crippen molar-refractivity contribution in [1.29, 1.82) is 0 Å². The highest BCUT2D eigenvalue weighted by Crippen LogP contribution is 2.16. The van der Waals surface area contributed by atoms with Gasteiger partial charge < -0.3 is 0 Å². The van der Waals surface area contributed by atoms with Crippen LogP contribution in [0, 0.1) is 4.77 Å². The Bertz CT molecular complexity index is 830. The Kier molecular flexibility index (Phi) is 3.30. The quantitative estimate of drug-likeness (QED) is 0.392. The number of aromatic nitrogens is 3. The second-order valence-electron chi connectivity index (χ2n) is 4.39. The molecule has 3 N–H and O–H groups in total. The number of anilines is 1. The highest BCUT2D eigenvalue weighted by Gasteiger charge is 2.00. The Hall–Kier alpha value is -2.47. The van der Waals surface area contributed by atoms with Crippen molar-refractivity contribution in [3.05, 3.63) is 52.8 Å². The van der Waals surface area contributed by atoms with Gasteiger partial charge in [-0.05, 0) is 41.5 Å². The monoisotopic (exact) mass is 283 g/mol. The lowest BCUT2D eigenvalue weighted by molar-refractivity contribution is 1.07. The molecule has 0 aliphatic rings. The van der Waals surface area contributed by atoms with E-state index in [2.05, 4.69) is 56.0 Å². The first-order valence-electron chi connectivity index (χ1n) is 6.16. The fourth-order valence-electron chi connectivity index (χ4n) is 1.94. The zero-order chi connectivity index (χ0) is 13.9. The second-order valence-corrected chi connectivity index (χ2v) is 4.77. The molecule has 0 aliphatic carbocycles. The number of hydrazone groups is 1. The number of rotatable bonds is 3. The molecule has 3 rings (SSSR count). The molecule has 1 aromatic heterocycles. The molecule has 0 saturated carbocycles. The van der Waals surface area contributed by atoms with E-state index >= 15 is 0 Å². The van der Waals surface area contributed by atoms with E-state index in [4.69, 9.17) is 12.2 Å². The molecule has 5 nitrogen and oxygen atoms in total. The van der Waals surface area contributed by atoms with Crippen LogP contribution in [0.5, 0.6) is 0 Å². The summed E-state index contributed by atoms with van der Waals surface area (Å²) in [5.74, 6) is 0.495. The molecular formula is C14H13N5S. The van der Waals surface area contributed by atoms with Crippen LogP contribution in [0.2, 0.25) is 0 Å². The molecule has 0 radical (unpaired) electrons. The number of hydrogen-bond donors (Lipinski definition) is 3. The maximum atomic E-state index is 4.87. The van der Waals surface area contributed by atoms with Crippen LogP contribution in [-0.2, 0) is 0 Å². The van der Waals surface area contributed by atoms with E-state index in [1.165, 1.54) is 10.8 Å². The molecule has 100 valence electrons. The van der Waals surface area contributed by atoms with Crippen molar-refractivity contribution in [1.82, 2.24) is 15.2 Å². The van der Waals surface area contributed by atoms with Crippen molar-refractivity contribution in [2.45, 2.75) is 6.92 Å². The van der Waals surface area contributed by atoms with Gasteiger partial charge in [0.25, 0.3) is 0 Å². The summed E-state index contributed by atoms with van der Waals surface area (Å²) in [5, 5.41) is 12.2. The molecule has 0 atom stereocenters. The van der Waals surface area contributed by atoms with Gasteiger partial charge >= 0.3 is 0 Å². The molecule has 0 fully saturated rings. The topological polar surface area (TPSA) is 68.9 Å². The average molecular weight is 283 g/mol. The third-order valence-corrected chi connectivity index (χ3v) is 3.19. The maximum Gasteiger partial charge on any atom is 0.238 e. The summed E-state index contributed by atoms with van der Waals surface area (Å²) < 4.78 is 0.394. The van der Waals surface area contributed by atoms with Crippen LogP contribution in [-0.4, -0.2) is 20.9 Å². The summed E-state index contributed by atoms with van der Waals surface area (Å²) in [6.07, 6.45) is 0. The Morgan fingerprint density at radius 3 is 2.70 bits per heavy atom.